The number of rotatable bonds is 6. The van der Waals surface area contributed by atoms with Gasteiger partial charge in [-0.3, -0.25) is 14.4 Å². The largest absolute Gasteiger partial charge is 0.365 e. The molecule has 0 fully saturated rings. The van der Waals surface area contributed by atoms with E-state index in [1.807, 2.05) is 26.0 Å². The zero-order chi connectivity index (χ0) is 20.4. The molecule has 1 atom stereocenters. The van der Waals surface area contributed by atoms with E-state index in [0.29, 0.717) is 22.0 Å². The van der Waals surface area contributed by atoms with E-state index in [0.717, 1.165) is 40.8 Å². The highest BCUT2D eigenvalue weighted by Crippen LogP contribution is 2.39. The van der Waals surface area contributed by atoms with Crippen LogP contribution in [0.25, 0.3) is 0 Å². The Morgan fingerprint density at radius 3 is 2.61 bits per heavy atom. The van der Waals surface area contributed by atoms with Crippen LogP contribution in [0.1, 0.15) is 68.5 Å². The first-order chi connectivity index (χ1) is 13.3. The van der Waals surface area contributed by atoms with E-state index in [9.17, 15) is 14.4 Å². The number of Topliss-reactive ketones (excluding diaryl/α,β-unsaturated/α-hetero) is 1. The van der Waals surface area contributed by atoms with Gasteiger partial charge < -0.3 is 11.1 Å². The molecule has 3 rings (SSSR count). The van der Waals surface area contributed by atoms with Crippen molar-refractivity contribution in [2.24, 2.45) is 11.7 Å². The van der Waals surface area contributed by atoms with Gasteiger partial charge in [0.15, 0.2) is 5.78 Å². The van der Waals surface area contributed by atoms with Gasteiger partial charge in [-0.15, -0.1) is 11.3 Å². The van der Waals surface area contributed by atoms with E-state index in [1.165, 1.54) is 11.3 Å². The molecule has 1 heterocycles. The van der Waals surface area contributed by atoms with E-state index < -0.39 is 5.91 Å². The summed E-state index contributed by atoms with van der Waals surface area (Å²) in [7, 11) is 0. The second-order valence-corrected chi connectivity index (χ2v) is 8.80. The molecule has 0 saturated carbocycles. The van der Waals surface area contributed by atoms with Crippen LogP contribution in [0.5, 0.6) is 0 Å². The number of primary amides is 1. The van der Waals surface area contributed by atoms with Crippen LogP contribution >= 0.6 is 11.3 Å². The monoisotopic (exact) mass is 398 g/mol. The number of carbonyl (C=O) groups excluding carboxylic acids is 3. The first kappa shape index (κ1) is 20.3. The Kier molecular flexibility index (Phi) is 5.98. The highest BCUT2D eigenvalue weighted by molar-refractivity contribution is 7.17. The lowest BCUT2D eigenvalue weighted by Crippen LogP contribution is -2.19. The maximum atomic E-state index is 12.4. The average Bonchev–Trinajstić information content (AvgIpc) is 2.98. The summed E-state index contributed by atoms with van der Waals surface area (Å²) in [6, 6.07) is 5.57. The Bertz CT molecular complexity index is 945. The maximum absolute atomic E-state index is 12.4. The normalized spacial score (nSPS) is 15.8. The zero-order valence-corrected chi connectivity index (χ0v) is 17.4. The van der Waals surface area contributed by atoms with Crippen molar-refractivity contribution in [2.45, 2.75) is 52.9 Å². The Hall–Kier alpha value is -2.47. The second-order valence-electron chi connectivity index (χ2n) is 7.69. The fraction of sp³-hybridized carbons (Fsp3) is 0.409. The number of hydrogen-bond donors (Lipinski definition) is 2. The van der Waals surface area contributed by atoms with Gasteiger partial charge in [0.1, 0.15) is 5.00 Å². The molecular weight excluding hydrogens is 372 g/mol. The van der Waals surface area contributed by atoms with Crippen molar-refractivity contribution < 1.29 is 14.4 Å². The third kappa shape index (κ3) is 4.33. The number of ketones is 1. The number of benzene rings is 1. The van der Waals surface area contributed by atoms with Gasteiger partial charge in [-0.25, -0.2) is 0 Å². The van der Waals surface area contributed by atoms with Gasteiger partial charge in [0.2, 0.25) is 5.91 Å². The standard InChI is InChI=1S/C22H26N2O3S/c1-12-4-7-16-18(10-12)28-22(20(16)21(23)27)24-19(26)9-8-17(25)15-6-5-13(2)14(3)11-15/h5-6,11-12H,4,7-10H2,1-3H3,(H2,23,27)(H,24,26). The molecule has 0 spiro atoms. The van der Waals surface area contributed by atoms with E-state index in [-0.39, 0.29) is 24.5 Å². The van der Waals surface area contributed by atoms with Gasteiger partial charge >= 0.3 is 0 Å². The summed E-state index contributed by atoms with van der Waals surface area (Å²) in [6.07, 6.45) is 2.93. The lowest BCUT2D eigenvalue weighted by Gasteiger charge is -2.18. The lowest BCUT2D eigenvalue weighted by atomic mass is 9.88. The first-order valence-electron chi connectivity index (χ1n) is 9.61. The molecule has 148 valence electrons. The molecule has 2 amide bonds. The minimum Gasteiger partial charge on any atom is -0.365 e. The van der Waals surface area contributed by atoms with Crippen molar-refractivity contribution in [3.63, 3.8) is 0 Å². The smallest absolute Gasteiger partial charge is 0.251 e. The lowest BCUT2D eigenvalue weighted by molar-refractivity contribution is -0.116. The second kappa shape index (κ2) is 8.27. The topological polar surface area (TPSA) is 89.3 Å². The maximum Gasteiger partial charge on any atom is 0.251 e. The van der Waals surface area contributed by atoms with Crippen molar-refractivity contribution in [3.8, 4) is 0 Å². The molecule has 2 aromatic rings. The number of amides is 2. The van der Waals surface area contributed by atoms with Crippen LogP contribution in [0.3, 0.4) is 0 Å². The van der Waals surface area contributed by atoms with E-state index in [2.05, 4.69) is 12.2 Å². The minimum atomic E-state index is -0.506. The summed E-state index contributed by atoms with van der Waals surface area (Å²) in [6.45, 7) is 6.14. The van der Waals surface area contributed by atoms with Gasteiger partial charge in [-0.05, 0) is 61.8 Å². The first-order valence-corrected chi connectivity index (χ1v) is 10.4. The Morgan fingerprint density at radius 2 is 1.93 bits per heavy atom. The molecule has 0 aliphatic heterocycles. The van der Waals surface area contributed by atoms with E-state index in [4.69, 9.17) is 5.73 Å². The molecule has 28 heavy (non-hydrogen) atoms. The summed E-state index contributed by atoms with van der Waals surface area (Å²) in [5, 5.41) is 3.34. The van der Waals surface area contributed by atoms with Crippen molar-refractivity contribution in [1.29, 1.82) is 0 Å². The quantitative estimate of drug-likeness (QED) is 0.715. The third-order valence-corrected chi connectivity index (χ3v) is 6.59. The molecule has 1 aromatic carbocycles. The average molecular weight is 399 g/mol. The number of carbonyl (C=O) groups is 3. The molecule has 1 aromatic heterocycles. The van der Waals surface area contributed by atoms with Crippen LogP contribution in [-0.4, -0.2) is 17.6 Å². The van der Waals surface area contributed by atoms with Crippen LogP contribution < -0.4 is 11.1 Å². The Balaban J connectivity index is 1.67. The summed E-state index contributed by atoms with van der Waals surface area (Å²) in [4.78, 5) is 37.9. The number of aryl methyl sites for hydroxylation is 2. The van der Waals surface area contributed by atoms with Gasteiger partial charge in [0, 0.05) is 23.3 Å². The van der Waals surface area contributed by atoms with Gasteiger partial charge in [-0.2, -0.15) is 0 Å². The highest BCUT2D eigenvalue weighted by atomic mass is 32.1. The van der Waals surface area contributed by atoms with Crippen molar-refractivity contribution >= 4 is 33.9 Å². The van der Waals surface area contributed by atoms with Crippen LogP contribution in [0.15, 0.2) is 18.2 Å². The van der Waals surface area contributed by atoms with Crippen molar-refractivity contribution in [3.05, 3.63) is 50.9 Å². The predicted octanol–water partition coefficient (Wildman–Crippen LogP) is 4.19. The molecule has 3 N–H and O–H groups in total. The molecule has 5 nitrogen and oxygen atoms in total. The van der Waals surface area contributed by atoms with E-state index >= 15 is 0 Å². The molecule has 1 aliphatic rings. The molecule has 1 aliphatic carbocycles. The van der Waals surface area contributed by atoms with Crippen molar-refractivity contribution in [1.82, 2.24) is 0 Å². The van der Waals surface area contributed by atoms with Gasteiger partial charge in [0.25, 0.3) is 5.91 Å². The summed E-state index contributed by atoms with van der Waals surface area (Å²) in [5.74, 6) is -0.279. The van der Waals surface area contributed by atoms with E-state index in [1.54, 1.807) is 6.07 Å². The molecule has 1 unspecified atom stereocenters. The fourth-order valence-corrected chi connectivity index (χ4v) is 5.01. The molecule has 0 radical (unpaired) electrons. The SMILES string of the molecule is Cc1ccc(C(=O)CCC(=O)Nc2sc3c(c2C(N)=O)CCC(C)C3)cc1C. The predicted molar refractivity (Wildman–Crippen MR) is 112 cm³/mol. The minimum absolute atomic E-state index is 0.0623. The van der Waals surface area contributed by atoms with Gasteiger partial charge in [-0.1, -0.05) is 19.1 Å². The number of nitrogens with two attached hydrogens (primary N) is 1. The molecule has 6 heteroatoms. The Labute approximate surface area is 169 Å². The summed E-state index contributed by atoms with van der Waals surface area (Å²) >= 11 is 1.44. The van der Waals surface area contributed by atoms with Crippen LogP contribution in [0.2, 0.25) is 0 Å². The number of hydrogen-bond acceptors (Lipinski definition) is 4. The van der Waals surface area contributed by atoms with Crippen LogP contribution in [-0.2, 0) is 17.6 Å². The van der Waals surface area contributed by atoms with Gasteiger partial charge in [0.05, 0.1) is 5.56 Å². The zero-order valence-electron chi connectivity index (χ0n) is 16.6. The number of anilines is 1. The third-order valence-electron chi connectivity index (χ3n) is 5.42. The fourth-order valence-electron chi connectivity index (χ4n) is 3.57. The summed E-state index contributed by atoms with van der Waals surface area (Å²) < 4.78 is 0. The molecule has 0 bridgehead atoms. The Morgan fingerprint density at radius 1 is 1.18 bits per heavy atom. The highest BCUT2D eigenvalue weighted by Gasteiger charge is 2.27. The molecular formula is C22H26N2O3S. The summed E-state index contributed by atoms with van der Waals surface area (Å²) in [5.41, 5.74) is 9.81. The number of thiophene rings is 1. The van der Waals surface area contributed by atoms with Crippen LogP contribution in [0, 0.1) is 19.8 Å². The van der Waals surface area contributed by atoms with Crippen molar-refractivity contribution in [2.75, 3.05) is 5.32 Å². The number of fused-ring (bicyclic) bond motifs is 1. The molecule has 0 saturated heterocycles. The number of nitrogens with one attached hydrogen (secondary N) is 1. The van der Waals surface area contributed by atoms with Crippen LogP contribution in [0.4, 0.5) is 5.00 Å².